The van der Waals surface area contributed by atoms with E-state index >= 15 is 0 Å². The highest BCUT2D eigenvalue weighted by atomic mass is 28.3. The van der Waals surface area contributed by atoms with Crippen molar-refractivity contribution in [2.45, 2.75) is 20.8 Å². The zero-order valence-corrected chi connectivity index (χ0v) is 11.5. The van der Waals surface area contributed by atoms with Gasteiger partial charge in [0.05, 0.1) is 0 Å². The summed E-state index contributed by atoms with van der Waals surface area (Å²) in [6.07, 6.45) is 0. The number of benzene rings is 1. The van der Waals surface area contributed by atoms with E-state index in [1.54, 1.807) is 0 Å². The Balaban J connectivity index is 3.02. The van der Waals surface area contributed by atoms with Gasteiger partial charge in [0, 0.05) is 13.2 Å². The van der Waals surface area contributed by atoms with Gasteiger partial charge in [-0.3, -0.25) is 0 Å². The molecular weight excluding hydrogens is 216 g/mol. The van der Waals surface area contributed by atoms with Crippen molar-refractivity contribution in [3.05, 3.63) is 36.4 Å². The summed E-state index contributed by atoms with van der Waals surface area (Å²) < 4.78 is 11.5. The molecule has 0 aromatic heterocycles. The van der Waals surface area contributed by atoms with Crippen LogP contribution in [0.1, 0.15) is 26.3 Å². The second-order valence-electron chi connectivity index (χ2n) is 3.61. The predicted octanol–water partition coefficient (Wildman–Crippen LogP) is 2.22. The lowest BCUT2D eigenvalue weighted by Crippen LogP contribution is -2.39. The second-order valence-corrected chi connectivity index (χ2v) is 5.56. The molecule has 0 fully saturated rings. The minimum absolute atomic E-state index is 0.696. The van der Waals surface area contributed by atoms with E-state index in [1.165, 1.54) is 10.8 Å². The molecule has 1 rings (SSSR count). The molecule has 1 aromatic carbocycles. The van der Waals surface area contributed by atoms with Crippen molar-refractivity contribution >= 4 is 20.0 Å². The van der Waals surface area contributed by atoms with Crippen molar-refractivity contribution < 1.29 is 8.85 Å². The molecule has 0 aliphatic carbocycles. The summed E-state index contributed by atoms with van der Waals surface area (Å²) in [6.45, 7) is 11.4. The lowest BCUT2D eigenvalue weighted by molar-refractivity contribution is 0.225. The topological polar surface area (TPSA) is 18.5 Å². The first-order valence-electron chi connectivity index (χ1n) is 5.68. The average molecular weight is 236 g/mol. The van der Waals surface area contributed by atoms with Crippen molar-refractivity contribution in [3.63, 3.8) is 0 Å². The maximum absolute atomic E-state index is 5.73. The van der Waals surface area contributed by atoms with Crippen molar-refractivity contribution in [2.75, 3.05) is 13.2 Å². The van der Waals surface area contributed by atoms with E-state index < -0.39 is 9.28 Å². The summed E-state index contributed by atoms with van der Waals surface area (Å²) >= 11 is 0. The summed E-state index contributed by atoms with van der Waals surface area (Å²) in [5.41, 5.74) is 2.23. The van der Waals surface area contributed by atoms with Crippen molar-refractivity contribution in [2.24, 2.45) is 0 Å². The number of rotatable bonds is 6. The third-order valence-electron chi connectivity index (χ3n) is 2.31. The van der Waals surface area contributed by atoms with Gasteiger partial charge in [-0.05, 0) is 31.5 Å². The van der Waals surface area contributed by atoms with Gasteiger partial charge >= 0.3 is 9.28 Å². The van der Waals surface area contributed by atoms with Gasteiger partial charge < -0.3 is 8.85 Å². The van der Waals surface area contributed by atoms with Gasteiger partial charge in [-0.15, -0.1) is 0 Å². The Hall–Kier alpha value is -0.903. The third kappa shape index (κ3) is 3.30. The molecule has 16 heavy (non-hydrogen) atoms. The third-order valence-corrected chi connectivity index (χ3v) is 4.59. The van der Waals surface area contributed by atoms with E-state index in [-0.39, 0.29) is 0 Å². The van der Waals surface area contributed by atoms with Gasteiger partial charge in [-0.1, -0.05) is 36.4 Å². The largest absolute Gasteiger partial charge is 0.394 e. The van der Waals surface area contributed by atoms with Crippen LogP contribution in [0.5, 0.6) is 0 Å². The Morgan fingerprint density at radius 2 is 1.75 bits per heavy atom. The predicted molar refractivity (Wildman–Crippen MR) is 71.2 cm³/mol. The Morgan fingerprint density at radius 1 is 1.19 bits per heavy atom. The van der Waals surface area contributed by atoms with Gasteiger partial charge in [0.15, 0.2) is 0 Å². The first kappa shape index (κ1) is 13.2. The average Bonchev–Trinajstić information content (AvgIpc) is 2.29. The zero-order valence-electron chi connectivity index (χ0n) is 10.3. The van der Waals surface area contributed by atoms with Crippen LogP contribution in [-0.2, 0) is 8.85 Å². The summed E-state index contributed by atoms with van der Waals surface area (Å²) in [5, 5.41) is 1.19. The minimum atomic E-state index is -1.75. The first-order chi connectivity index (χ1) is 7.70. The molecule has 0 saturated heterocycles. The van der Waals surface area contributed by atoms with Crippen LogP contribution in [0.25, 0.3) is 5.57 Å². The Kier molecular flexibility index (Phi) is 5.45. The minimum Gasteiger partial charge on any atom is -0.394 e. The van der Waals surface area contributed by atoms with Crippen LogP contribution >= 0.6 is 0 Å². The molecule has 0 radical (unpaired) electrons. The molecule has 0 unspecified atom stereocenters. The maximum atomic E-state index is 5.73. The van der Waals surface area contributed by atoms with E-state index in [0.717, 1.165) is 5.57 Å². The molecule has 3 heteroatoms. The van der Waals surface area contributed by atoms with Gasteiger partial charge in [-0.2, -0.15) is 0 Å². The van der Waals surface area contributed by atoms with Crippen LogP contribution in [0.4, 0.5) is 0 Å². The molecule has 0 saturated carbocycles. The quantitative estimate of drug-likeness (QED) is 0.705. The van der Waals surface area contributed by atoms with Gasteiger partial charge in [0.25, 0.3) is 0 Å². The van der Waals surface area contributed by atoms with Crippen molar-refractivity contribution in [1.82, 2.24) is 0 Å². The molecule has 0 atom stereocenters. The molecule has 0 aliphatic heterocycles. The molecule has 0 heterocycles. The van der Waals surface area contributed by atoms with Crippen LogP contribution in [-0.4, -0.2) is 22.5 Å². The summed E-state index contributed by atoms with van der Waals surface area (Å²) in [7, 11) is -1.75. The molecule has 0 spiro atoms. The van der Waals surface area contributed by atoms with Gasteiger partial charge in [0.2, 0.25) is 0 Å². The Bertz CT molecular complexity index is 344. The molecule has 0 N–H and O–H groups in total. The monoisotopic (exact) mass is 236 g/mol. The standard InChI is InChI=1S/C13H20O2Si/c1-5-14-16(15-6-2)13-10-8-7-9-12(13)11(3)4/h7-10,16H,3,5-6H2,1-2,4H3. The number of hydrogen-bond donors (Lipinski definition) is 0. The van der Waals surface area contributed by atoms with Crippen LogP contribution in [0.3, 0.4) is 0 Å². The van der Waals surface area contributed by atoms with E-state index in [4.69, 9.17) is 8.85 Å². The molecule has 88 valence electrons. The first-order valence-corrected chi connectivity index (χ1v) is 7.20. The highest BCUT2D eigenvalue weighted by molar-refractivity contribution is 6.62. The lowest BCUT2D eigenvalue weighted by atomic mass is 10.1. The highest BCUT2D eigenvalue weighted by Crippen LogP contribution is 2.10. The van der Waals surface area contributed by atoms with E-state index in [0.29, 0.717) is 13.2 Å². The van der Waals surface area contributed by atoms with E-state index in [2.05, 4.69) is 18.7 Å². The SMILES string of the molecule is C=C(C)c1ccccc1[SiH](OCC)OCC. The fraction of sp³-hybridized carbons (Fsp3) is 0.385. The molecule has 0 bridgehead atoms. The molecular formula is C13H20O2Si. The van der Waals surface area contributed by atoms with Crippen LogP contribution in [0.2, 0.25) is 0 Å². The summed E-state index contributed by atoms with van der Waals surface area (Å²) in [5.74, 6) is 0. The molecule has 1 aromatic rings. The van der Waals surface area contributed by atoms with Crippen molar-refractivity contribution in [3.8, 4) is 0 Å². The van der Waals surface area contributed by atoms with Crippen LogP contribution < -0.4 is 5.19 Å². The molecule has 2 nitrogen and oxygen atoms in total. The Labute approximate surface area is 99.7 Å². The summed E-state index contributed by atoms with van der Waals surface area (Å²) in [6, 6.07) is 8.22. The number of allylic oxidation sites excluding steroid dienone is 1. The zero-order chi connectivity index (χ0) is 12.0. The normalized spacial score (nSPS) is 10.8. The van der Waals surface area contributed by atoms with Crippen LogP contribution in [0, 0.1) is 0 Å². The fourth-order valence-corrected chi connectivity index (χ4v) is 3.55. The second kappa shape index (κ2) is 6.63. The summed E-state index contributed by atoms with van der Waals surface area (Å²) in [4.78, 5) is 0. The van der Waals surface area contributed by atoms with Crippen LogP contribution in [0.15, 0.2) is 30.8 Å². The Morgan fingerprint density at radius 3 is 2.25 bits per heavy atom. The molecule has 0 amide bonds. The van der Waals surface area contributed by atoms with Gasteiger partial charge in [-0.25, -0.2) is 0 Å². The fourth-order valence-electron chi connectivity index (χ4n) is 1.62. The van der Waals surface area contributed by atoms with E-state index in [9.17, 15) is 0 Å². The maximum Gasteiger partial charge on any atom is 0.356 e. The van der Waals surface area contributed by atoms with E-state index in [1.807, 2.05) is 32.9 Å². The highest BCUT2D eigenvalue weighted by Gasteiger charge is 2.18. The van der Waals surface area contributed by atoms with Gasteiger partial charge in [0.1, 0.15) is 0 Å². The van der Waals surface area contributed by atoms with Crippen molar-refractivity contribution in [1.29, 1.82) is 0 Å². The molecule has 0 aliphatic rings. The lowest BCUT2D eigenvalue weighted by Gasteiger charge is -2.18. The number of hydrogen-bond acceptors (Lipinski definition) is 2. The smallest absolute Gasteiger partial charge is 0.356 e.